The van der Waals surface area contributed by atoms with Crippen LogP contribution in [-0.4, -0.2) is 38.4 Å². The monoisotopic (exact) mass is 380 g/mol. The van der Waals surface area contributed by atoms with E-state index in [-0.39, 0.29) is 19.1 Å². The van der Waals surface area contributed by atoms with Crippen molar-refractivity contribution in [2.24, 2.45) is 5.92 Å². The second-order valence-corrected chi connectivity index (χ2v) is 8.58. The Balaban J connectivity index is 1.71. The van der Waals surface area contributed by atoms with E-state index in [1.807, 2.05) is 0 Å². The summed E-state index contributed by atoms with van der Waals surface area (Å²) in [6.07, 6.45) is -1.17. The van der Waals surface area contributed by atoms with Gasteiger partial charge in [0, 0.05) is 19.1 Å². The van der Waals surface area contributed by atoms with Crippen molar-refractivity contribution < 1.29 is 26.0 Å². The third kappa shape index (κ3) is 4.32. The molecule has 25 heavy (non-hydrogen) atoms. The second-order valence-electron chi connectivity index (χ2n) is 6.67. The SMILES string of the molecule is O=S(=O)(c1cc(C(F)(F)F)ccc1F)N1CCC(NCC2CC2)CC1. The first-order chi connectivity index (χ1) is 11.7. The highest BCUT2D eigenvalue weighted by Crippen LogP contribution is 2.33. The van der Waals surface area contributed by atoms with Crippen LogP contribution >= 0.6 is 0 Å². The van der Waals surface area contributed by atoms with Crippen LogP contribution in [-0.2, 0) is 16.2 Å². The lowest BCUT2D eigenvalue weighted by atomic mass is 10.1. The number of sulfonamides is 1. The molecule has 2 aliphatic rings. The number of hydrogen-bond acceptors (Lipinski definition) is 3. The summed E-state index contributed by atoms with van der Waals surface area (Å²) >= 11 is 0. The highest BCUT2D eigenvalue weighted by Gasteiger charge is 2.36. The van der Waals surface area contributed by atoms with Gasteiger partial charge in [-0.15, -0.1) is 0 Å². The maximum atomic E-state index is 13.9. The largest absolute Gasteiger partial charge is 0.416 e. The molecule has 0 amide bonds. The van der Waals surface area contributed by atoms with Gasteiger partial charge in [0.15, 0.2) is 0 Å². The predicted molar refractivity (Wildman–Crippen MR) is 83.9 cm³/mol. The molecule has 1 aromatic rings. The minimum atomic E-state index is -4.72. The Morgan fingerprint density at radius 1 is 1.12 bits per heavy atom. The molecule has 3 rings (SSSR count). The third-order valence-electron chi connectivity index (χ3n) is 4.72. The van der Waals surface area contributed by atoms with Crippen molar-refractivity contribution in [2.75, 3.05) is 19.6 Å². The fourth-order valence-electron chi connectivity index (χ4n) is 2.97. The van der Waals surface area contributed by atoms with Gasteiger partial charge < -0.3 is 5.32 Å². The molecule has 4 nitrogen and oxygen atoms in total. The zero-order valence-electron chi connectivity index (χ0n) is 13.5. The first kappa shape index (κ1) is 18.6. The van der Waals surface area contributed by atoms with Gasteiger partial charge in [-0.05, 0) is 56.3 Å². The topological polar surface area (TPSA) is 49.4 Å². The average Bonchev–Trinajstić information content (AvgIpc) is 3.37. The normalized spacial score (nSPS) is 20.8. The van der Waals surface area contributed by atoms with Crippen molar-refractivity contribution in [1.82, 2.24) is 9.62 Å². The average molecular weight is 380 g/mol. The highest BCUT2D eigenvalue weighted by molar-refractivity contribution is 7.89. The Morgan fingerprint density at radius 2 is 1.76 bits per heavy atom. The van der Waals surface area contributed by atoms with Crippen LogP contribution in [0, 0.1) is 11.7 Å². The number of nitrogens with one attached hydrogen (secondary N) is 1. The van der Waals surface area contributed by atoms with Crippen molar-refractivity contribution >= 4 is 10.0 Å². The van der Waals surface area contributed by atoms with E-state index in [0.29, 0.717) is 37.0 Å². The molecule has 0 bridgehead atoms. The van der Waals surface area contributed by atoms with Gasteiger partial charge in [0.2, 0.25) is 10.0 Å². The fraction of sp³-hybridized carbons (Fsp3) is 0.625. The van der Waals surface area contributed by atoms with Crippen LogP contribution in [0.3, 0.4) is 0 Å². The summed E-state index contributed by atoms with van der Waals surface area (Å²) in [6.45, 7) is 1.25. The van der Waals surface area contributed by atoms with E-state index in [2.05, 4.69) is 5.32 Å². The van der Waals surface area contributed by atoms with Gasteiger partial charge in [-0.2, -0.15) is 17.5 Å². The number of hydrogen-bond donors (Lipinski definition) is 1. The van der Waals surface area contributed by atoms with Crippen LogP contribution in [0.1, 0.15) is 31.2 Å². The number of benzene rings is 1. The summed E-state index contributed by atoms with van der Waals surface area (Å²) in [5, 5.41) is 3.39. The molecule has 0 spiro atoms. The lowest BCUT2D eigenvalue weighted by molar-refractivity contribution is -0.137. The highest BCUT2D eigenvalue weighted by atomic mass is 32.2. The lowest BCUT2D eigenvalue weighted by Crippen LogP contribution is -2.45. The van der Waals surface area contributed by atoms with Crippen LogP contribution in [0.5, 0.6) is 0 Å². The summed E-state index contributed by atoms with van der Waals surface area (Å²) in [5.74, 6) is -0.456. The van der Waals surface area contributed by atoms with Gasteiger partial charge >= 0.3 is 6.18 Å². The minimum Gasteiger partial charge on any atom is -0.314 e. The molecule has 0 unspecified atom stereocenters. The van der Waals surface area contributed by atoms with E-state index >= 15 is 0 Å². The molecule has 0 radical (unpaired) electrons. The van der Waals surface area contributed by atoms with Crippen LogP contribution in [0.4, 0.5) is 17.6 Å². The predicted octanol–water partition coefficient (Wildman–Crippen LogP) is 3.00. The summed E-state index contributed by atoms with van der Waals surface area (Å²) in [5.41, 5.74) is -1.17. The number of piperidine rings is 1. The maximum Gasteiger partial charge on any atom is 0.416 e. The van der Waals surface area contributed by atoms with Gasteiger partial charge in [0.05, 0.1) is 5.56 Å². The quantitative estimate of drug-likeness (QED) is 0.799. The first-order valence-corrected chi connectivity index (χ1v) is 9.72. The first-order valence-electron chi connectivity index (χ1n) is 8.28. The van der Waals surface area contributed by atoms with Crippen molar-refractivity contribution in [3.05, 3.63) is 29.6 Å². The summed E-state index contributed by atoms with van der Waals surface area (Å²) in [6, 6.07) is 1.67. The van der Waals surface area contributed by atoms with Crippen molar-refractivity contribution in [3.63, 3.8) is 0 Å². The minimum absolute atomic E-state index is 0.167. The number of alkyl halides is 3. The molecule has 1 N–H and O–H groups in total. The van der Waals surface area contributed by atoms with Crippen LogP contribution in [0.25, 0.3) is 0 Å². The molecule has 140 valence electrons. The van der Waals surface area contributed by atoms with Gasteiger partial charge in [-0.3, -0.25) is 0 Å². The zero-order valence-corrected chi connectivity index (χ0v) is 14.3. The number of rotatable bonds is 5. The molecule has 1 saturated heterocycles. The Kier molecular flexibility index (Phi) is 5.09. The van der Waals surface area contributed by atoms with Gasteiger partial charge in [-0.25, -0.2) is 12.8 Å². The molecule has 1 aliphatic carbocycles. The van der Waals surface area contributed by atoms with Crippen LogP contribution < -0.4 is 5.32 Å². The molecular formula is C16H20F4N2O2S. The van der Waals surface area contributed by atoms with Crippen molar-refractivity contribution in [3.8, 4) is 0 Å². The zero-order chi connectivity index (χ0) is 18.2. The fourth-order valence-corrected chi connectivity index (χ4v) is 4.53. The van der Waals surface area contributed by atoms with Gasteiger partial charge in [0.25, 0.3) is 0 Å². The Bertz CT molecular complexity index is 724. The molecule has 9 heteroatoms. The van der Waals surface area contributed by atoms with Crippen molar-refractivity contribution in [1.29, 1.82) is 0 Å². The summed E-state index contributed by atoms with van der Waals surface area (Å²) < 4.78 is 78.5. The molecule has 1 aliphatic heterocycles. The molecule has 1 saturated carbocycles. The second kappa shape index (κ2) is 6.85. The van der Waals surface area contributed by atoms with E-state index in [4.69, 9.17) is 0 Å². The van der Waals surface area contributed by atoms with E-state index in [0.717, 1.165) is 10.8 Å². The van der Waals surface area contributed by atoms with Crippen LogP contribution in [0.2, 0.25) is 0 Å². The van der Waals surface area contributed by atoms with E-state index < -0.39 is 32.5 Å². The summed E-state index contributed by atoms with van der Waals surface area (Å²) in [7, 11) is -4.29. The Hall–Kier alpha value is -1.19. The van der Waals surface area contributed by atoms with Gasteiger partial charge in [0.1, 0.15) is 10.7 Å². The van der Waals surface area contributed by atoms with Gasteiger partial charge in [-0.1, -0.05) is 0 Å². The van der Waals surface area contributed by atoms with E-state index in [1.54, 1.807) is 0 Å². The Morgan fingerprint density at radius 3 is 2.32 bits per heavy atom. The molecule has 2 fully saturated rings. The summed E-state index contributed by atoms with van der Waals surface area (Å²) in [4.78, 5) is -0.910. The molecule has 0 atom stereocenters. The van der Waals surface area contributed by atoms with E-state index in [1.165, 1.54) is 12.8 Å². The molecule has 0 aromatic heterocycles. The molecular weight excluding hydrogens is 360 g/mol. The standard InChI is InChI=1S/C16H20F4N2O2S/c17-14-4-3-12(16(18,19)20)9-15(14)25(23,24)22-7-5-13(6-8-22)21-10-11-1-2-11/h3-4,9,11,13,21H,1-2,5-8,10H2. The molecule has 1 aromatic carbocycles. The van der Waals surface area contributed by atoms with Crippen LogP contribution in [0.15, 0.2) is 23.1 Å². The van der Waals surface area contributed by atoms with E-state index in [9.17, 15) is 26.0 Å². The number of nitrogens with zero attached hydrogens (tertiary/aromatic N) is 1. The van der Waals surface area contributed by atoms with Crippen molar-refractivity contribution in [2.45, 2.75) is 42.8 Å². The molecule has 1 heterocycles. The number of halogens is 4. The smallest absolute Gasteiger partial charge is 0.314 e. The maximum absolute atomic E-state index is 13.9. The Labute approximate surface area is 144 Å². The lowest BCUT2D eigenvalue weighted by Gasteiger charge is -2.32. The third-order valence-corrected chi connectivity index (χ3v) is 6.64.